The van der Waals surface area contributed by atoms with E-state index in [0.717, 1.165) is 33.4 Å². The molecule has 3 aromatic rings. The van der Waals surface area contributed by atoms with Crippen LogP contribution in [-0.4, -0.2) is 50.6 Å². The highest BCUT2D eigenvalue weighted by Crippen LogP contribution is 2.55. The average Bonchev–Trinajstić information content (AvgIpc) is 3.52. The number of allylic oxidation sites excluding steroid dienone is 1. The van der Waals surface area contributed by atoms with Gasteiger partial charge in [-0.25, -0.2) is 0 Å². The van der Waals surface area contributed by atoms with E-state index in [0.29, 0.717) is 6.42 Å². The fourth-order valence-corrected chi connectivity index (χ4v) is 6.80. The number of H-pyrrole nitrogens is 1. The average molecular weight is 525 g/mol. The Morgan fingerprint density at radius 3 is 2.46 bits per heavy atom. The third-order valence-electron chi connectivity index (χ3n) is 9.07. The van der Waals surface area contributed by atoms with Crippen LogP contribution in [-0.2, 0) is 27.0 Å². The van der Waals surface area contributed by atoms with Gasteiger partial charge in [0.15, 0.2) is 0 Å². The van der Waals surface area contributed by atoms with Crippen molar-refractivity contribution in [1.82, 2.24) is 15.2 Å². The highest BCUT2D eigenvalue weighted by molar-refractivity contribution is 5.99. The van der Waals surface area contributed by atoms with Crippen molar-refractivity contribution in [3.8, 4) is 0 Å². The molecule has 2 fully saturated rings. The highest BCUT2D eigenvalue weighted by atomic mass is 16.3. The summed E-state index contributed by atoms with van der Waals surface area (Å²) in [5.41, 5.74) is 2.21. The number of anilines is 1. The maximum atomic E-state index is 14.4. The molecule has 4 heterocycles. The number of nitrogens with one attached hydrogen (secondary N) is 2. The lowest BCUT2D eigenvalue weighted by Crippen LogP contribution is -2.67. The van der Waals surface area contributed by atoms with Gasteiger partial charge in [-0.3, -0.25) is 9.59 Å². The number of aromatic nitrogens is 1. The van der Waals surface area contributed by atoms with E-state index >= 15 is 0 Å². The first kappa shape index (κ1) is 25.4. The first-order valence-corrected chi connectivity index (χ1v) is 13.6. The molecule has 1 aromatic heterocycles. The van der Waals surface area contributed by atoms with E-state index in [1.54, 1.807) is 4.90 Å². The molecule has 3 N–H and O–H groups in total. The van der Waals surface area contributed by atoms with Gasteiger partial charge in [0.05, 0.1) is 5.54 Å². The van der Waals surface area contributed by atoms with E-state index in [4.69, 9.17) is 0 Å². The summed E-state index contributed by atoms with van der Waals surface area (Å²) in [6, 6.07) is 14.2. The van der Waals surface area contributed by atoms with E-state index < -0.39 is 29.4 Å². The minimum Gasteiger partial charge on any atom is -0.381 e. The van der Waals surface area contributed by atoms with Gasteiger partial charge in [-0.1, -0.05) is 62.4 Å². The third-order valence-corrected chi connectivity index (χ3v) is 9.07. The van der Waals surface area contributed by atoms with Gasteiger partial charge >= 0.3 is 0 Å². The van der Waals surface area contributed by atoms with Crippen LogP contribution >= 0.6 is 0 Å². The quantitative estimate of drug-likeness (QED) is 0.420. The Hall–Kier alpha value is -3.84. The number of rotatable bonds is 6. The summed E-state index contributed by atoms with van der Waals surface area (Å²) in [7, 11) is 0. The molecule has 2 amide bonds. The second-order valence-electron chi connectivity index (χ2n) is 12.2. The molecule has 7 nitrogen and oxygen atoms in total. The molecule has 202 valence electrons. The Morgan fingerprint density at radius 1 is 1.05 bits per heavy atom. The van der Waals surface area contributed by atoms with Crippen LogP contribution in [0.25, 0.3) is 10.9 Å². The van der Waals surface area contributed by atoms with Gasteiger partial charge in [0, 0.05) is 46.1 Å². The molecule has 0 radical (unpaired) electrons. The molecule has 0 unspecified atom stereocenters. The topological polar surface area (TPSA) is 88.7 Å². The Labute approximate surface area is 229 Å². The zero-order valence-corrected chi connectivity index (χ0v) is 23.0. The number of aromatic amines is 1. The van der Waals surface area contributed by atoms with E-state index in [9.17, 15) is 14.7 Å². The molecule has 0 bridgehead atoms. The van der Waals surface area contributed by atoms with Crippen molar-refractivity contribution in [2.45, 2.75) is 75.3 Å². The zero-order valence-electron chi connectivity index (χ0n) is 23.0. The lowest BCUT2D eigenvalue weighted by atomic mass is 9.84. The Balaban J connectivity index is 1.44. The van der Waals surface area contributed by atoms with Crippen molar-refractivity contribution >= 4 is 28.4 Å². The Bertz CT molecular complexity index is 1540. The van der Waals surface area contributed by atoms with Gasteiger partial charge < -0.3 is 25.2 Å². The molecule has 4 atom stereocenters. The maximum absolute atomic E-state index is 14.4. The molecular formula is C32H36N4O3. The number of piperazine rings is 1. The van der Waals surface area contributed by atoms with E-state index in [2.05, 4.69) is 42.2 Å². The van der Waals surface area contributed by atoms with Crippen LogP contribution in [0.4, 0.5) is 5.69 Å². The number of hydrogen-bond donors (Lipinski definition) is 3. The first-order valence-electron chi connectivity index (χ1n) is 13.6. The highest BCUT2D eigenvalue weighted by Gasteiger charge is 2.66. The van der Waals surface area contributed by atoms with Crippen LogP contribution in [0.1, 0.15) is 50.9 Å². The van der Waals surface area contributed by atoms with Crippen molar-refractivity contribution in [1.29, 1.82) is 0 Å². The second-order valence-corrected chi connectivity index (χ2v) is 12.2. The Kier molecular flexibility index (Phi) is 5.43. The molecule has 3 aliphatic rings. The molecule has 0 spiro atoms. The summed E-state index contributed by atoms with van der Waals surface area (Å²) in [5, 5.41) is 16.2. The molecule has 2 aromatic carbocycles. The lowest BCUT2D eigenvalue weighted by molar-refractivity contribution is -0.150. The van der Waals surface area contributed by atoms with Crippen molar-refractivity contribution in [3.63, 3.8) is 0 Å². The minimum atomic E-state index is -1.37. The van der Waals surface area contributed by atoms with Gasteiger partial charge in [0.2, 0.25) is 11.8 Å². The zero-order chi connectivity index (χ0) is 27.9. The number of carbonyl (C=O) groups excluding carboxylic acids is 2. The molecule has 2 saturated heterocycles. The Morgan fingerprint density at radius 2 is 1.74 bits per heavy atom. The molecule has 7 heteroatoms. The standard InChI is InChI=1S/C32H36N4O3/c1-7-30(3,4)26-20(19-13-9-11-15-22(19)33-26)17-23-28(38)35-25(27(37)34-23)18-32(39)21-14-10-12-16-24(21)36(29(32)35)31(5,6)8-2/h7-16,23,25,29,33,39H,1-2,17-18H2,3-6H3,(H,34,37)/t23-,25-,29-,32-/m0/s1. The molecular weight excluding hydrogens is 488 g/mol. The summed E-state index contributed by atoms with van der Waals surface area (Å²) < 4.78 is 0. The van der Waals surface area contributed by atoms with Crippen molar-refractivity contribution in [2.24, 2.45) is 0 Å². The van der Waals surface area contributed by atoms with Gasteiger partial charge in [-0.15, -0.1) is 13.2 Å². The second kappa shape index (κ2) is 8.33. The molecule has 0 saturated carbocycles. The molecule has 6 rings (SSSR count). The number of fused-ring (bicyclic) bond motifs is 6. The first-order chi connectivity index (χ1) is 18.4. The number of benzene rings is 2. The normalized spacial score (nSPS) is 26.3. The summed E-state index contributed by atoms with van der Waals surface area (Å²) >= 11 is 0. The SMILES string of the molecule is C=CC(C)(C)c1[nH]c2ccccc2c1C[C@@H]1NC(=O)[C@@H]2C[C@]3(O)c4ccccc4N(C(C)(C)C=C)[C@@H]3N2C1=O. The number of para-hydroxylation sites is 2. The molecule has 3 aliphatic heterocycles. The predicted molar refractivity (Wildman–Crippen MR) is 153 cm³/mol. The summed E-state index contributed by atoms with van der Waals surface area (Å²) in [6.45, 7) is 16.3. The lowest BCUT2D eigenvalue weighted by Gasteiger charge is -2.47. The third kappa shape index (κ3) is 3.45. The maximum Gasteiger partial charge on any atom is 0.247 e. The van der Waals surface area contributed by atoms with Crippen molar-refractivity contribution in [3.05, 3.63) is 90.7 Å². The van der Waals surface area contributed by atoms with Crippen LogP contribution in [0.2, 0.25) is 0 Å². The van der Waals surface area contributed by atoms with E-state index in [-0.39, 0.29) is 23.7 Å². The van der Waals surface area contributed by atoms with Crippen LogP contribution < -0.4 is 10.2 Å². The summed E-state index contributed by atoms with van der Waals surface area (Å²) in [5.74, 6) is -0.425. The van der Waals surface area contributed by atoms with Gasteiger partial charge in [-0.2, -0.15) is 0 Å². The van der Waals surface area contributed by atoms with Gasteiger partial charge in [0.25, 0.3) is 0 Å². The van der Waals surface area contributed by atoms with Gasteiger partial charge in [-0.05, 0) is 31.5 Å². The van der Waals surface area contributed by atoms with Gasteiger partial charge in [0.1, 0.15) is 23.9 Å². The van der Waals surface area contributed by atoms with Crippen LogP contribution in [0.15, 0.2) is 73.8 Å². The largest absolute Gasteiger partial charge is 0.381 e. The van der Waals surface area contributed by atoms with Crippen molar-refractivity contribution < 1.29 is 14.7 Å². The predicted octanol–water partition coefficient (Wildman–Crippen LogP) is 4.27. The fourth-order valence-electron chi connectivity index (χ4n) is 6.80. The van der Waals surface area contributed by atoms with E-state index in [1.165, 1.54) is 0 Å². The summed E-state index contributed by atoms with van der Waals surface area (Å²) in [4.78, 5) is 35.2. The van der Waals surface area contributed by atoms with Crippen LogP contribution in [0.5, 0.6) is 0 Å². The fraction of sp³-hybridized carbons (Fsp3) is 0.375. The molecule has 0 aliphatic carbocycles. The molecule has 39 heavy (non-hydrogen) atoms. The smallest absolute Gasteiger partial charge is 0.247 e. The van der Waals surface area contributed by atoms with Crippen molar-refractivity contribution in [2.75, 3.05) is 4.90 Å². The number of nitrogens with zero attached hydrogens (tertiary/aromatic N) is 2. The van der Waals surface area contributed by atoms with Crippen LogP contribution in [0.3, 0.4) is 0 Å². The number of carbonyl (C=O) groups is 2. The van der Waals surface area contributed by atoms with Crippen LogP contribution in [0, 0.1) is 0 Å². The summed E-state index contributed by atoms with van der Waals surface area (Å²) in [6.07, 6.45) is 3.47. The number of aliphatic hydroxyl groups is 1. The van der Waals surface area contributed by atoms with E-state index in [1.807, 2.05) is 74.5 Å². The monoisotopic (exact) mass is 524 g/mol. The minimum absolute atomic E-state index is 0.143. The number of hydrogen-bond acceptors (Lipinski definition) is 4. The number of amides is 2.